The molecule has 1 amide bonds. The van der Waals surface area contributed by atoms with Crippen LogP contribution in [0.1, 0.15) is 64.6 Å². The SMILES string of the molecule is COc1cccc(C2(C(=O)NC(C)c3nc(C)c(C(=O)O)s3)CCCC2)c1. The number of ether oxygens (including phenoxy) is 1. The number of carboxylic acid groups (broad SMARTS) is 1. The van der Waals surface area contributed by atoms with Gasteiger partial charge >= 0.3 is 5.97 Å². The van der Waals surface area contributed by atoms with Gasteiger partial charge in [0, 0.05) is 0 Å². The molecule has 2 aromatic rings. The molecule has 1 atom stereocenters. The Hall–Kier alpha value is -2.41. The first-order valence-electron chi connectivity index (χ1n) is 9.03. The first-order chi connectivity index (χ1) is 12.9. The van der Waals surface area contributed by atoms with Crippen molar-refractivity contribution in [2.45, 2.75) is 51.0 Å². The molecule has 1 heterocycles. The van der Waals surface area contributed by atoms with E-state index in [9.17, 15) is 14.7 Å². The Bertz CT molecular complexity index is 855. The number of carbonyl (C=O) groups excluding carboxylic acids is 1. The first-order valence-corrected chi connectivity index (χ1v) is 9.85. The van der Waals surface area contributed by atoms with Gasteiger partial charge in [-0.05, 0) is 44.4 Å². The summed E-state index contributed by atoms with van der Waals surface area (Å²) >= 11 is 1.12. The van der Waals surface area contributed by atoms with Crippen LogP contribution < -0.4 is 10.1 Å². The van der Waals surface area contributed by atoms with Crippen LogP contribution in [0.5, 0.6) is 5.75 Å². The lowest BCUT2D eigenvalue weighted by atomic mass is 9.77. The fraction of sp³-hybridized carbons (Fsp3) is 0.450. The summed E-state index contributed by atoms with van der Waals surface area (Å²) in [5.41, 5.74) is 0.864. The van der Waals surface area contributed by atoms with Gasteiger partial charge in [0.2, 0.25) is 5.91 Å². The zero-order valence-electron chi connectivity index (χ0n) is 15.7. The van der Waals surface area contributed by atoms with Crippen LogP contribution in [0.2, 0.25) is 0 Å². The monoisotopic (exact) mass is 388 g/mol. The Morgan fingerprint density at radius 3 is 2.63 bits per heavy atom. The highest BCUT2D eigenvalue weighted by molar-refractivity contribution is 7.13. The number of rotatable bonds is 6. The van der Waals surface area contributed by atoms with Crippen LogP contribution in [0.25, 0.3) is 0 Å². The van der Waals surface area contributed by atoms with Crippen LogP contribution in [0, 0.1) is 6.92 Å². The number of carboxylic acids is 1. The number of nitrogens with one attached hydrogen (secondary N) is 1. The predicted molar refractivity (Wildman–Crippen MR) is 104 cm³/mol. The van der Waals surface area contributed by atoms with Crippen molar-refractivity contribution < 1.29 is 19.4 Å². The lowest BCUT2D eigenvalue weighted by molar-refractivity contribution is -0.127. The number of aromatic nitrogens is 1. The summed E-state index contributed by atoms with van der Waals surface area (Å²) in [6.07, 6.45) is 3.57. The Morgan fingerprint density at radius 1 is 1.33 bits per heavy atom. The minimum Gasteiger partial charge on any atom is -0.497 e. The number of benzene rings is 1. The maximum atomic E-state index is 13.3. The van der Waals surface area contributed by atoms with Crippen LogP contribution in [-0.2, 0) is 10.2 Å². The molecule has 6 nitrogen and oxygen atoms in total. The molecule has 2 N–H and O–H groups in total. The zero-order valence-corrected chi connectivity index (χ0v) is 16.6. The number of hydrogen-bond donors (Lipinski definition) is 2. The average Bonchev–Trinajstić information content (AvgIpc) is 3.29. The van der Waals surface area contributed by atoms with Crippen LogP contribution >= 0.6 is 11.3 Å². The van der Waals surface area contributed by atoms with Crippen molar-refractivity contribution in [3.63, 3.8) is 0 Å². The minimum absolute atomic E-state index is 0.0366. The van der Waals surface area contributed by atoms with E-state index in [0.29, 0.717) is 10.7 Å². The number of carbonyl (C=O) groups is 2. The molecule has 1 unspecified atom stereocenters. The van der Waals surface area contributed by atoms with Crippen molar-refractivity contribution in [2.75, 3.05) is 7.11 Å². The van der Waals surface area contributed by atoms with Crippen LogP contribution in [0.4, 0.5) is 0 Å². The van der Waals surface area contributed by atoms with Gasteiger partial charge in [0.05, 0.1) is 24.3 Å². The summed E-state index contributed by atoms with van der Waals surface area (Å²) in [6.45, 7) is 3.52. The molecule has 7 heteroatoms. The predicted octanol–water partition coefficient (Wildman–Crippen LogP) is 3.85. The molecule has 1 aromatic heterocycles. The number of aromatic carboxylic acids is 1. The van der Waals surface area contributed by atoms with E-state index in [1.807, 2.05) is 31.2 Å². The number of hydrogen-bond acceptors (Lipinski definition) is 5. The van der Waals surface area contributed by atoms with Crippen molar-refractivity contribution in [3.05, 3.63) is 45.4 Å². The molecule has 27 heavy (non-hydrogen) atoms. The summed E-state index contributed by atoms with van der Waals surface area (Å²) in [4.78, 5) is 29.1. The van der Waals surface area contributed by atoms with Crippen molar-refractivity contribution in [2.24, 2.45) is 0 Å². The minimum atomic E-state index is -0.988. The van der Waals surface area contributed by atoms with E-state index in [4.69, 9.17) is 4.74 Å². The number of methoxy groups -OCH3 is 1. The number of aryl methyl sites for hydroxylation is 1. The summed E-state index contributed by atoms with van der Waals surface area (Å²) in [5, 5.41) is 12.9. The molecule has 0 radical (unpaired) electrons. The van der Waals surface area contributed by atoms with E-state index in [-0.39, 0.29) is 16.8 Å². The quantitative estimate of drug-likeness (QED) is 0.785. The van der Waals surface area contributed by atoms with E-state index in [1.165, 1.54) is 0 Å². The molecule has 1 aromatic carbocycles. The highest BCUT2D eigenvalue weighted by atomic mass is 32.1. The molecule has 0 bridgehead atoms. The van der Waals surface area contributed by atoms with Gasteiger partial charge in [-0.3, -0.25) is 4.79 Å². The van der Waals surface area contributed by atoms with Gasteiger partial charge in [-0.1, -0.05) is 25.0 Å². The molecule has 0 saturated heterocycles. The third kappa shape index (κ3) is 3.69. The maximum absolute atomic E-state index is 13.3. The summed E-state index contributed by atoms with van der Waals surface area (Å²) in [7, 11) is 1.62. The summed E-state index contributed by atoms with van der Waals surface area (Å²) < 4.78 is 5.33. The second-order valence-corrected chi connectivity index (χ2v) is 8.02. The number of nitrogens with zero attached hydrogens (tertiary/aromatic N) is 1. The summed E-state index contributed by atoms with van der Waals surface area (Å²) in [6, 6.07) is 7.35. The van der Waals surface area contributed by atoms with Crippen molar-refractivity contribution >= 4 is 23.2 Å². The molecule has 0 spiro atoms. The van der Waals surface area contributed by atoms with Gasteiger partial charge in [0.1, 0.15) is 15.6 Å². The first kappa shape index (κ1) is 19.4. The van der Waals surface area contributed by atoms with Gasteiger partial charge in [-0.25, -0.2) is 9.78 Å². The van der Waals surface area contributed by atoms with Crippen molar-refractivity contribution in [3.8, 4) is 5.75 Å². The van der Waals surface area contributed by atoms with E-state index in [2.05, 4.69) is 10.3 Å². The Balaban J connectivity index is 1.85. The lowest BCUT2D eigenvalue weighted by Gasteiger charge is -2.30. The Kier molecular flexibility index (Phi) is 5.51. The smallest absolute Gasteiger partial charge is 0.347 e. The topological polar surface area (TPSA) is 88.5 Å². The van der Waals surface area contributed by atoms with Gasteiger partial charge in [0.15, 0.2) is 0 Å². The van der Waals surface area contributed by atoms with Crippen LogP contribution in [0.3, 0.4) is 0 Å². The number of amides is 1. The Morgan fingerprint density at radius 2 is 2.04 bits per heavy atom. The summed E-state index contributed by atoms with van der Waals surface area (Å²) in [5.74, 6) is -0.287. The second kappa shape index (κ2) is 7.68. The third-order valence-electron chi connectivity index (χ3n) is 5.24. The molecular weight excluding hydrogens is 364 g/mol. The average molecular weight is 388 g/mol. The molecule has 0 aliphatic heterocycles. The second-order valence-electron chi connectivity index (χ2n) is 6.99. The standard InChI is InChI=1S/C20H24N2O4S/c1-12-16(18(23)24)27-17(21-12)13(2)22-19(25)20(9-4-5-10-20)14-7-6-8-15(11-14)26-3/h6-8,11,13H,4-5,9-10H2,1-3H3,(H,22,25)(H,23,24). The molecule has 1 aliphatic carbocycles. The van der Waals surface area contributed by atoms with E-state index in [0.717, 1.165) is 48.3 Å². The maximum Gasteiger partial charge on any atom is 0.347 e. The fourth-order valence-electron chi connectivity index (χ4n) is 3.74. The number of thiazole rings is 1. The highest BCUT2D eigenvalue weighted by Crippen LogP contribution is 2.42. The van der Waals surface area contributed by atoms with Crippen molar-refractivity contribution in [1.29, 1.82) is 0 Å². The fourth-order valence-corrected chi connectivity index (χ4v) is 4.65. The molecule has 1 saturated carbocycles. The van der Waals surface area contributed by atoms with Crippen LogP contribution in [-0.4, -0.2) is 29.1 Å². The molecule has 1 aliphatic rings. The van der Waals surface area contributed by atoms with E-state index >= 15 is 0 Å². The van der Waals surface area contributed by atoms with Gasteiger partial charge in [0.25, 0.3) is 0 Å². The van der Waals surface area contributed by atoms with E-state index < -0.39 is 11.4 Å². The highest BCUT2D eigenvalue weighted by Gasteiger charge is 2.43. The lowest BCUT2D eigenvalue weighted by Crippen LogP contribution is -2.43. The zero-order chi connectivity index (χ0) is 19.6. The molecule has 144 valence electrons. The van der Waals surface area contributed by atoms with Crippen molar-refractivity contribution in [1.82, 2.24) is 10.3 Å². The van der Waals surface area contributed by atoms with Gasteiger partial charge in [-0.2, -0.15) is 0 Å². The van der Waals surface area contributed by atoms with E-state index in [1.54, 1.807) is 14.0 Å². The Labute approximate surface area is 162 Å². The van der Waals surface area contributed by atoms with Crippen LogP contribution in [0.15, 0.2) is 24.3 Å². The van der Waals surface area contributed by atoms with Gasteiger partial charge < -0.3 is 15.2 Å². The normalized spacial score (nSPS) is 16.7. The van der Waals surface area contributed by atoms with Gasteiger partial charge in [-0.15, -0.1) is 11.3 Å². The third-order valence-corrected chi connectivity index (χ3v) is 6.57. The molecule has 3 rings (SSSR count). The molecular formula is C20H24N2O4S. The largest absolute Gasteiger partial charge is 0.497 e. The molecule has 1 fully saturated rings.